The molecular weight excluding hydrogens is 482 g/mol. The van der Waals surface area contributed by atoms with Crippen molar-refractivity contribution in [1.29, 1.82) is 0 Å². The second-order valence-corrected chi connectivity index (χ2v) is 14.5. The lowest BCUT2D eigenvalue weighted by atomic mass is 9.45. The number of carbonyl (C=O) groups excluding carboxylic acids is 1. The monoisotopic (exact) mass is 537 g/mol. The van der Waals surface area contributed by atoms with Crippen molar-refractivity contribution in [2.75, 3.05) is 7.05 Å². The Morgan fingerprint density at radius 3 is 2.31 bits per heavy atom. The zero-order valence-electron chi connectivity index (χ0n) is 25.3. The zero-order chi connectivity index (χ0) is 27.8. The number of rotatable bonds is 12. The van der Waals surface area contributed by atoms with Gasteiger partial charge in [0.25, 0.3) is 0 Å². The summed E-state index contributed by atoms with van der Waals surface area (Å²) in [4.78, 5) is 14.0. The van der Waals surface area contributed by atoms with Crippen LogP contribution in [0.25, 0.3) is 0 Å². The lowest BCUT2D eigenvalue weighted by Crippen LogP contribution is -2.54. The van der Waals surface area contributed by atoms with E-state index < -0.39 is 5.60 Å². The zero-order valence-corrected chi connectivity index (χ0v) is 25.3. The number of phenolic OH excluding ortho intramolecular Hbond substituents is 1. The topological polar surface area (TPSA) is 60.8 Å². The summed E-state index contributed by atoms with van der Waals surface area (Å²) < 4.78 is 0. The molecule has 0 radical (unpaired) electrons. The van der Waals surface area contributed by atoms with Crippen molar-refractivity contribution in [3.63, 3.8) is 0 Å². The molecule has 1 aromatic carbocycles. The molecular formula is C35H55NO3. The molecule has 39 heavy (non-hydrogen) atoms. The van der Waals surface area contributed by atoms with E-state index in [1.54, 1.807) is 0 Å². The van der Waals surface area contributed by atoms with E-state index in [2.05, 4.69) is 26.8 Å². The summed E-state index contributed by atoms with van der Waals surface area (Å²) in [5.41, 5.74) is 2.84. The largest absolute Gasteiger partial charge is 0.508 e. The summed E-state index contributed by atoms with van der Waals surface area (Å²) >= 11 is 0. The lowest BCUT2D eigenvalue weighted by molar-refractivity contribution is -0.131. The SMILES string of the molecule is CC(C)N(C)C(=O)CCCCCCCCCC[C@H]1C[C@]2(C)C3(O)CCC2(CC3)C2CCc3cc(O)ccc3C21. The van der Waals surface area contributed by atoms with Gasteiger partial charge in [-0.15, -0.1) is 0 Å². The van der Waals surface area contributed by atoms with Crippen LogP contribution in [-0.2, 0) is 11.2 Å². The van der Waals surface area contributed by atoms with Crippen LogP contribution in [0.2, 0.25) is 0 Å². The van der Waals surface area contributed by atoms with Crippen LogP contribution in [0, 0.1) is 22.7 Å². The summed E-state index contributed by atoms with van der Waals surface area (Å²) in [6.07, 6.45) is 19.8. The smallest absolute Gasteiger partial charge is 0.222 e. The Hall–Kier alpha value is -1.55. The maximum absolute atomic E-state index is 12.1. The standard InChI is InChI=1S/C35H55NO3/c1-25(2)36(4)31(38)14-12-10-8-6-5-7-9-11-13-27-24-33(3)34(19-21-35(33,39)22-20-34)30-18-15-26-23-28(37)16-17-29(26)32(27)30/h16-17,23,25,27,30,32,37,39H,5-15,18-22,24H2,1-4H3/t27-,30?,32?,33-,34?,35?/m0/s1. The molecule has 0 aromatic heterocycles. The van der Waals surface area contributed by atoms with E-state index in [4.69, 9.17) is 0 Å². The van der Waals surface area contributed by atoms with Crippen molar-refractivity contribution < 1.29 is 15.0 Å². The quantitative estimate of drug-likeness (QED) is 0.265. The number of aryl methyl sites for hydroxylation is 1. The van der Waals surface area contributed by atoms with Gasteiger partial charge in [0.2, 0.25) is 5.91 Å². The Morgan fingerprint density at radius 2 is 1.64 bits per heavy atom. The van der Waals surface area contributed by atoms with Gasteiger partial charge in [0.15, 0.2) is 0 Å². The highest BCUT2D eigenvalue weighted by atomic mass is 16.3. The number of aromatic hydroxyl groups is 1. The first kappa shape index (κ1) is 29.0. The Kier molecular flexibility index (Phi) is 8.45. The van der Waals surface area contributed by atoms with Gasteiger partial charge in [0.1, 0.15) is 5.75 Å². The van der Waals surface area contributed by atoms with Crippen molar-refractivity contribution in [2.45, 2.75) is 147 Å². The molecule has 2 unspecified atom stereocenters. The lowest BCUT2D eigenvalue weighted by Gasteiger charge is -2.59. The second kappa shape index (κ2) is 11.4. The van der Waals surface area contributed by atoms with Crippen molar-refractivity contribution in [2.24, 2.45) is 22.7 Å². The van der Waals surface area contributed by atoms with Gasteiger partial charge < -0.3 is 15.1 Å². The number of amides is 1. The highest BCUT2D eigenvalue weighted by molar-refractivity contribution is 5.76. The van der Waals surface area contributed by atoms with Crippen molar-refractivity contribution >= 4 is 5.91 Å². The number of nitrogens with zero attached hydrogens (tertiary/aromatic N) is 1. The molecule has 0 spiro atoms. The van der Waals surface area contributed by atoms with Gasteiger partial charge in [-0.3, -0.25) is 4.79 Å². The molecule has 0 heterocycles. The Morgan fingerprint density at radius 1 is 1.00 bits per heavy atom. The molecule has 1 aromatic rings. The predicted octanol–water partition coefficient (Wildman–Crippen LogP) is 8.14. The summed E-state index contributed by atoms with van der Waals surface area (Å²) in [5.74, 6) is 2.61. The van der Waals surface area contributed by atoms with Gasteiger partial charge >= 0.3 is 0 Å². The first-order valence-corrected chi connectivity index (χ1v) is 16.4. The molecule has 4 nitrogen and oxygen atoms in total. The summed E-state index contributed by atoms with van der Waals surface area (Å²) in [6.45, 7) is 6.61. The number of aliphatic hydroxyl groups is 1. The third-order valence-electron chi connectivity index (χ3n) is 12.5. The first-order valence-electron chi connectivity index (χ1n) is 16.4. The molecule has 4 aliphatic rings. The van der Waals surface area contributed by atoms with E-state index in [1.807, 2.05) is 24.1 Å². The molecule has 4 heteroatoms. The minimum absolute atomic E-state index is 0.0750. The van der Waals surface area contributed by atoms with Crippen LogP contribution in [0.5, 0.6) is 5.75 Å². The molecule has 0 aliphatic heterocycles. The average Bonchev–Trinajstić information content (AvgIpc) is 3.28. The van der Waals surface area contributed by atoms with E-state index in [9.17, 15) is 15.0 Å². The summed E-state index contributed by atoms with van der Waals surface area (Å²) in [7, 11) is 1.91. The number of unbranched alkanes of at least 4 members (excludes halogenated alkanes) is 7. The predicted molar refractivity (Wildman–Crippen MR) is 159 cm³/mol. The number of phenols is 1. The molecule has 218 valence electrons. The number of carbonyl (C=O) groups is 1. The van der Waals surface area contributed by atoms with Crippen molar-refractivity contribution in [3.05, 3.63) is 29.3 Å². The highest BCUT2D eigenvalue weighted by Crippen LogP contribution is 2.78. The van der Waals surface area contributed by atoms with E-state index >= 15 is 0 Å². The van der Waals surface area contributed by atoms with Gasteiger partial charge in [0, 0.05) is 24.9 Å². The number of hydrogen-bond donors (Lipinski definition) is 2. The van der Waals surface area contributed by atoms with Gasteiger partial charge in [-0.1, -0.05) is 57.9 Å². The van der Waals surface area contributed by atoms with Crippen LogP contribution in [-0.4, -0.2) is 39.7 Å². The van der Waals surface area contributed by atoms with Crippen LogP contribution in [0.4, 0.5) is 0 Å². The first-order chi connectivity index (χ1) is 18.6. The minimum atomic E-state index is -0.444. The molecule has 4 atom stereocenters. The van der Waals surface area contributed by atoms with Crippen molar-refractivity contribution in [3.8, 4) is 5.75 Å². The Balaban J connectivity index is 1.12. The molecule has 4 aliphatic carbocycles. The molecule has 1 amide bonds. The normalized spacial score (nSPS) is 34.6. The van der Waals surface area contributed by atoms with E-state index in [0.717, 1.165) is 25.7 Å². The van der Waals surface area contributed by atoms with Crippen LogP contribution in [0.1, 0.15) is 141 Å². The maximum Gasteiger partial charge on any atom is 0.222 e. The third-order valence-corrected chi connectivity index (χ3v) is 12.5. The number of hydrogen-bond acceptors (Lipinski definition) is 3. The molecule has 5 rings (SSSR count). The second-order valence-electron chi connectivity index (χ2n) is 14.5. The fraction of sp³-hybridized carbons (Fsp3) is 0.800. The maximum atomic E-state index is 12.1. The Labute approximate surface area is 238 Å². The highest BCUT2D eigenvalue weighted by Gasteiger charge is 2.74. The molecule has 3 saturated carbocycles. The van der Waals surface area contributed by atoms with Crippen LogP contribution < -0.4 is 0 Å². The van der Waals surface area contributed by atoms with Crippen LogP contribution >= 0.6 is 0 Å². The minimum Gasteiger partial charge on any atom is -0.508 e. The van der Waals surface area contributed by atoms with Gasteiger partial charge in [0.05, 0.1) is 5.60 Å². The fourth-order valence-corrected chi connectivity index (χ4v) is 10.0. The number of benzene rings is 1. The molecule has 2 N–H and O–H groups in total. The van der Waals surface area contributed by atoms with Gasteiger partial charge in [-0.05, 0) is 118 Å². The Bertz CT molecular complexity index is 1010. The van der Waals surface area contributed by atoms with Gasteiger partial charge in [-0.25, -0.2) is 0 Å². The van der Waals surface area contributed by atoms with E-state index in [0.29, 0.717) is 41.4 Å². The summed E-state index contributed by atoms with van der Waals surface area (Å²) in [6, 6.07) is 6.49. The third kappa shape index (κ3) is 5.06. The van der Waals surface area contributed by atoms with E-state index in [1.165, 1.54) is 88.2 Å². The van der Waals surface area contributed by atoms with Crippen LogP contribution in [0.15, 0.2) is 18.2 Å². The molecule has 2 bridgehead atoms. The number of fused-ring (bicyclic) bond motifs is 3. The fourth-order valence-electron chi connectivity index (χ4n) is 10.0. The molecule has 0 saturated heterocycles. The van der Waals surface area contributed by atoms with E-state index in [-0.39, 0.29) is 11.3 Å². The van der Waals surface area contributed by atoms with Gasteiger partial charge in [-0.2, -0.15) is 0 Å². The van der Waals surface area contributed by atoms with Crippen LogP contribution in [0.3, 0.4) is 0 Å². The molecule has 3 fully saturated rings. The van der Waals surface area contributed by atoms with Crippen molar-refractivity contribution in [1.82, 2.24) is 4.90 Å². The average molecular weight is 538 g/mol. The summed E-state index contributed by atoms with van der Waals surface area (Å²) in [5, 5.41) is 22.0.